The predicted molar refractivity (Wildman–Crippen MR) is 242 cm³/mol. The zero-order valence-corrected chi connectivity index (χ0v) is 36.9. The molecule has 0 saturated carbocycles. The molecule has 1 unspecified atom stereocenters. The molecule has 0 spiro atoms. The van der Waals surface area contributed by atoms with Gasteiger partial charge in [0.15, 0.2) is 6.10 Å². The highest BCUT2D eigenvalue weighted by atomic mass is 16.6. The van der Waals surface area contributed by atoms with Gasteiger partial charge in [-0.05, 0) is 83.5 Å². The van der Waals surface area contributed by atoms with Gasteiger partial charge in [0, 0.05) is 19.4 Å². The number of rotatable bonds is 42. The number of hydrogen-bond donors (Lipinski definition) is 0. The van der Waals surface area contributed by atoms with E-state index in [4.69, 9.17) is 14.2 Å². The van der Waals surface area contributed by atoms with Gasteiger partial charge in [0.1, 0.15) is 6.61 Å². The number of carbonyl (C=O) groups excluding carboxylic acids is 2. The summed E-state index contributed by atoms with van der Waals surface area (Å²) in [7, 11) is 0. The molecule has 0 N–H and O–H groups in total. The minimum Gasteiger partial charge on any atom is -0.462 e. The average molecular weight is 781 g/mol. The predicted octanol–water partition coefficient (Wildman–Crippen LogP) is 15.6. The van der Waals surface area contributed by atoms with Crippen molar-refractivity contribution < 1.29 is 23.8 Å². The Hall–Kier alpha value is -2.66. The van der Waals surface area contributed by atoms with Crippen molar-refractivity contribution in [3.8, 4) is 0 Å². The fourth-order valence-corrected chi connectivity index (χ4v) is 6.30. The van der Waals surface area contributed by atoms with E-state index in [1.807, 2.05) is 0 Å². The molecule has 0 aliphatic rings. The van der Waals surface area contributed by atoms with Gasteiger partial charge in [0.25, 0.3) is 0 Å². The van der Waals surface area contributed by atoms with Crippen molar-refractivity contribution in [3.05, 3.63) is 72.9 Å². The number of ether oxygens (including phenoxy) is 3. The van der Waals surface area contributed by atoms with Crippen molar-refractivity contribution in [1.82, 2.24) is 0 Å². The normalized spacial score (nSPS) is 12.8. The van der Waals surface area contributed by atoms with Crippen LogP contribution in [0.2, 0.25) is 0 Å². The second-order valence-corrected chi connectivity index (χ2v) is 15.3. The van der Waals surface area contributed by atoms with Crippen LogP contribution in [-0.2, 0) is 23.8 Å². The first-order chi connectivity index (χ1) is 27.6. The molecule has 322 valence electrons. The first kappa shape index (κ1) is 53.3. The lowest BCUT2D eigenvalue weighted by molar-refractivity contribution is -0.163. The van der Waals surface area contributed by atoms with Crippen LogP contribution in [0, 0.1) is 0 Å². The van der Waals surface area contributed by atoms with E-state index < -0.39 is 6.10 Å². The fraction of sp³-hybridized carbons (Fsp3) is 0.725. The molecule has 0 rings (SSSR count). The van der Waals surface area contributed by atoms with E-state index in [-0.39, 0.29) is 25.2 Å². The molecule has 0 fully saturated rings. The lowest BCUT2D eigenvalue weighted by Gasteiger charge is -2.18. The highest BCUT2D eigenvalue weighted by Crippen LogP contribution is 2.13. The molecule has 0 heterocycles. The van der Waals surface area contributed by atoms with Crippen LogP contribution >= 0.6 is 0 Å². The van der Waals surface area contributed by atoms with Gasteiger partial charge in [-0.2, -0.15) is 0 Å². The van der Waals surface area contributed by atoms with E-state index in [2.05, 4.69) is 93.7 Å². The lowest BCUT2D eigenvalue weighted by Crippen LogP contribution is -2.30. The highest BCUT2D eigenvalue weighted by molar-refractivity contribution is 5.70. The summed E-state index contributed by atoms with van der Waals surface area (Å²) >= 11 is 0. The van der Waals surface area contributed by atoms with Crippen molar-refractivity contribution >= 4 is 11.9 Å². The van der Waals surface area contributed by atoms with Gasteiger partial charge < -0.3 is 14.2 Å². The minimum atomic E-state index is -0.545. The van der Waals surface area contributed by atoms with E-state index in [1.54, 1.807) is 0 Å². The first-order valence-corrected chi connectivity index (χ1v) is 23.5. The largest absolute Gasteiger partial charge is 0.462 e. The third-order valence-corrected chi connectivity index (χ3v) is 9.74. The number of esters is 2. The molecule has 0 bridgehead atoms. The average Bonchev–Trinajstić information content (AvgIpc) is 3.20. The number of allylic oxidation sites excluding steroid dienone is 12. The Labute approximate surface area is 347 Å². The molecule has 0 aliphatic heterocycles. The third kappa shape index (κ3) is 44.1. The zero-order valence-electron chi connectivity index (χ0n) is 36.9. The molecule has 0 aliphatic carbocycles. The van der Waals surface area contributed by atoms with Crippen LogP contribution in [0.25, 0.3) is 0 Å². The Bertz CT molecular complexity index is 1020. The molecular weight excluding hydrogens is 693 g/mol. The molecule has 5 nitrogen and oxygen atoms in total. The van der Waals surface area contributed by atoms with Crippen LogP contribution in [0.4, 0.5) is 0 Å². The van der Waals surface area contributed by atoms with Gasteiger partial charge in [-0.3, -0.25) is 9.59 Å². The summed E-state index contributed by atoms with van der Waals surface area (Å²) in [6.45, 7) is 7.54. The molecule has 0 saturated heterocycles. The molecule has 0 aromatic heterocycles. The van der Waals surface area contributed by atoms with Crippen molar-refractivity contribution in [2.75, 3.05) is 19.8 Å². The summed E-state index contributed by atoms with van der Waals surface area (Å²) < 4.78 is 17.3. The van der Waals surface area contributed by atoms with E-state index in [0.29, 0.717) is 19.4 Å². The highest BCUT2D eigenvalue weighted by Gasteiger charge is 2.17. The molecule has 1 atom stereocenters. The standard InChI is InChI=1S/C51H88O5/c1-4-7-10-13-16-18-20-22-24-25-26-28-30-32-34-37-40-43-46-54-47-49(56-51(53)45-42-39-35-15-12-9-6-3)48-55-50(52)44-41-38-36-33-31-29-27-23-21-19-17-14-11-8-5-2/h7-8,10-11,16-19,22-24,27,49H,4-6,9,12-15,20-21,25-26,28-48H2,1-3H3/b10-7-,11-8-,18-16-,19-17-,24-22-,27-23-. The van der Waals surface area contributed by atoms with Crippen molar-refractivity contribution in [1.29, 1.82) is 0 Å². The monoisotopic (exact) mass is 781 g/mol. The Morgan fingerprint density at radius 3 is 1.29 bits per heavy atom. The Morgan fingerprint density at radius 1 is 0.411 bits per heavy atom. The molecular formula is C51H88O5. The van der Waals surface area contributed by atoms with Gasteiger partial charge in [-0.1, -0.05) is 190 Å². The maximum atomic E-state index is 12.6. The van der Waals surface area contributed by atoms with Gasteiger partial charge >= 0.3 is 11.9 Å². The molecule has 5 heteroatoms. The molecule has 0 radical (unpaired) electrons. The second kappa shape index (κ2) is 46.7. The minimum absolute atomic E-state index is 0.0718. The smallest absolute Gasteiger partial charge is 0.306 e. The van der Waals surface area contributed by atoms with Gasteiger partial charge in [0.2, 0.25) is 0 Å². The van der Waals surface area contributed by atoms with Crippen molar-refractivity contribution in [2.24, 2.45) is 0 Å². The summed E-state index contributed by atoms with van der Waals surface area (Å²) in [5.74, 6) is -0.428. The Kier molecular flexibility index (Phi) is 44.5. The van der Waals surface area contributed by atoms with E-state index in [0.717, 1.165) is 96.3 Å². The van der Waals surface area contributed by atoms with E-state index in [1.165, 1.54) is 83.5 Å². The zero-order chi connectivity index (χ0) is 40.7. The number of hydrogen-bond acceptors (Lipinski definition) is 5. The number of unbranched alkanes of at least 4 members (excludes halogenated alkanes) is 19. The molecule has 56 heavy (non-hydrogen) atoms. The Balaban J connectivity index is 4.17. The summed E-state index contributed by atoms with van der Waals surface area (Å²) in [6, 6.07) is 0. The quantitative estimate of drug-likeness (QED) is 0.0351. The first-order valence-electron chi connectivity index (χ1n) is 23.5. The topological polar surface area (TPSA) is 61.8 Å². The Morgan fingerprint density at radius 2 is 0.804 bits per heavy atom. The van der Waals surface area contributed by atoms with Crippen LogP contribution in [-0.4, -0.2) is 37.9 Å². The van der Waals surface area contributed by atoms with Crippen molar-refractivity contribution in [3.63, 3.8) is 0 Å². The van der Waals surface area contributed by atoms with E-state index >= 15 is 0 Å². The van der Waals surface area contributed by atoms with Gasteiger partial charge in [-0.25, -0.2) is 0 Å². The summed E-state index contributed by atoms with van der Waals surface area (Å²) in [5, 5.41) is 0. The third-order valence-electron chi connectivity index (χ3n) is 9.74. The maximum absolute atomic E-state index is 12.6. The molecule has 0 aromatic rings. The van der Waals surface area contributed by atoms with Crippen LogP contribution in [0.5, 0.6) is 0 Å². The van der Waals surface area contributed by atoms with Gasteiger partial charge in [0.05, 0.1) is 6.61 Å². The summed E-state index contributed by atoms with van der Waals surface area (Å²) in [6.07, 6.45) is 59.1. The summed E-state index contributed by atoms with van der Waals surface area (Å²) in [5.41, 5.74) is 0. The van der Waals surface area contributed by atoms with Gasteiger partial charge in [-0.15, -0.1) is 0 Å². The van der Waals surface area contributed by atoms with Crippen LogP contribution < -0.4 is 0 Å². The molecule has 0 aromatic carbocycles. The van der Waals surface area contributed by atoms with E-state index in [9.17, 15) is 9.59 Å². The van der Waals surface area contributed by atoms with Crippen molar-refractivity contribution in [2.45, 2.75) is 219 Å². The maximum Gasteiger partial charge on any atom is 0.306 e. The molecule has 0 amide bonds. The van der Waals surface area contributed by atoms with Crippen LogP contribution in [0.3, 0.4) is 0 Å². The second-order valence-electron chi connectivity index (χ2n) is 15.3. The summed E-state index contributed by atoms with van der Waals surface area (Å²) in [4.78, 5) is 25.2. The number of carbonyl (C=O) groups is 2. The fourth-order valence-electron chi connectivity index (χ4n) is 6.30. The SMILES string of the molecule is CC/C=C\C/C=C\C/C=C\CCCCCCCCCCOCC(COC(=O)CCCCCCC/C=C\C/C=C\C/C=C\CC)OC(=O)CCCCCCCCC. The lowest BCUT2D eigenvalue weighted by atomic mass is 10.1. The van der Waals surface area contributed by atoms with Crippen LogP contribution in [0.1, 0.15) is 213 Å². The van der Waals surface area contributed by atoms with Crippen LogP contribution in [0.15, 0.2) is 72.9 Å².